The third kappa shape index (κ3) is 3.25. The Balaban J connectivity index is 2.05. The third-order valence-corrected chi connectivity index (χ3v) is 4.07. The van der Waals surface area contributed by atoms with Crippen LogP contribution >= 0.6 is 12.2 Å². The topological polar surface area (TPSA) is 58.4 Å². The maximum absolute atomic E-state index is 10.6. The highest BCUT2D eigenvalue weighted by Gasteiger charge is 2.26. The SMILES string of the molecule is CC1CCCC(C)N1C(=S)Nc1ccc([N+](=O)[O-])cc1. The summed E-state index contributed by atoms with van der Waals surface area (Å²) >= 11 is 5.48. The van der Waals surface area contributed by atoms with Crippen molar-refractivity contribution in [2.45, 2.75) is 45.2 Å². The number of anilines is 1. The van der Waals surface area contributed by atoms with Gasteiger partial charge in [0.25, 0.3) is 5.69 Å². The van der Waals surface area contributed by atoms with Crippen LogP contribution in [0.4, 0.5) is 11.4 Å². The van der Waals surface area contributed by atoms with Crippen molar-refractivity contribution in [2.75, 3.05) is 5.32 Å². The van der Waals surface area contributed by atoms with E-state index in [1.165, 1.54) is 18.6 Å². The second kappa shape index (κ2) is 6.17. The van der Waals surface area contributed by atoms with Crippen molar-refractivity contribution in [1.82, 2.24) is 4.90 Å². The van der Waals surface area contributed by atoms with E-state index in [9.17, 15) is 10.1 Å². The largest absolute Gasteiger partial charge is 0.344 e. The Bertz CT molecular complexity index is 494. The van der Waals surface area contributed by atoms with Gasteiger partial charge in [0.15, 0.2) is 5.11 Å². The van der Waals surface area contributed by atoms with Gasteiger partial charge in [-0.25, -0.2) is 0 Å². The Morgan fingerprint density at radius 1 is 1.30 bits per heavy atom. The average molecular weight is 293 g/mol. The second-order valence-electron chi connectivity index (χ2n) is 5.27. The minimum absolute atomic E-state index is 0.0844. The highest BCUT2D eigenvalue weighted by Crippen LogP contribution is 2.24. The molecule has 1 fully saturated rings. The molecule has 0 spiro atoms. The number of thiocarbonyl (C=S) groups is 1. The minimum Gasteiger partial charge on any atom is -0.344 e. The van der Waals surface area contributed by atoms with Gasteiger partial charge >= 0.3 is 0 Å². The van der Waals surface area contributed by atoms with Crippen molar-refractivity contribution in [3.05, 3.63) is 34.4 Å². The van der Waals surface area contributed by atoms with Crippen LogP contribution in [0.25, 0.3) is 0 Å². The van der Waals surface area contributed by atoms with Crippen LogP contribution in [-0.4, -0.2) is 27.0 Å². The second-order valence-corrected chi connectivity index (χ2v) is 5.66. The zero-order chi connectivity index (χ0) is 14.7. The molecule has 6 heteroatoms. The van der Waals surface area contributed by atoms with Gasteiger partial charge in [-0.05, 0) is 57.5 Å². The van der Waals surface area contributed by atoms with Gasteiger partial charge in [0.1, 0.15) is 0 Å². The first-order valence-corrected chi connectivity index (χ1v) is 7.23. The number of nitro groups is 1. The molecular weight excluding hydrogens is 274 g/mol. The summed E-state index contributed by atoms with van der Waals surface area (Å²) in [6, 6.07) is 7.18. The molecule has 2 rings (SSSR count). The average Bonchev–Trinajstić information content (AvgIpc) is 2.39. The number of likely N-dealkylation sites (tertiary alicyclic amines) is 1. The van der Waals surface area contributed by atoms with E-state index in [1.54, 1.807) is 12.1 Å². The van der Waals surface area contributed by atoms with E-state index < -0.39 is 4.92 Å². The van der Waals surface area contributed by atoms with Crippen molar-refractivity contribution >= 4 is 28.7 Å². The molecule has 0 aliphatic carbocycles. The van der Waals surface area contributed by atoms with Gasteiger partial charge in [-0.1, -0.05) is 0 Å². The van der Waals surface area contributed by atoms with Crippen LogP contribution in [0.3, 0.4) is 0 Å². The summed E-state index contributed by atoms with van der Waals surface area (Å²) in [6.45, 7) is 4.36. The van der Waals surface area contributed by atoms with Crippen molar-refractivity contribution < 1.29 is 4.92 Å². The summed E-state index contributed by atoms with van der Waals surface area (Å²) < 4.78 is 0. The summed E-state index contributed by atoms with van der Waals surface area (Å²) in [7, 11) is 0. The van der Waals surface area contributed by atoms with Crippen LogP contribution in [0.5, 0.6) is 0 Å². The molecule has 1 aliphatic rings. The standard InChI is InChI=1S/C14H19N3O2S/c1-10-4-3-5-11(2)16(10)14(20)15-12-6-8-13(9-7-12)17(18)19/h6-11H,3-5H2,1-2H3,(H,15,20). The highest BCUT2D eigenvalue weighted by molar-refractivity contribution is 7.80. The molecule has 0 saturated carbocycles. The Kier molecular flexibility index (Phi) is 4.54. The molecule has 2 atom stereocenters. The van der Waals surface area contributed by atoms with E-state index in [0.29, 0.717) is 17.2 Å². The molecule has 0 amide bonds. The van der Waals surface area contributed by atoms with Gasteiger partial charge in [0.05, 0.1) is 4.92 Å². The van der Waals surface area contributed by atoms with Gasteiger partial charge < -0.3 is 10.2 Å². The van der Waals surface area contributed by atoms with Gasteiger partial charge in [0.2, 0.25) is 0 Å². The number of hydrogen-bond donors (Lipinski definition) is 1. The number of benzene rings is 1. The monoisotopic (exact) mass is 293 g/mol. The molecular formula is C14H19N3O2S. The number of nitro benzene ring substituents is 1. The summed E-state index contributed by atoms with van der Waals surface area (Å²) in [5.41, 5.74) is 0.867. The number of hydrogen-bond acceptors (Lipinski definition) is 3. The molecule has 1 heterocycles. The first-order chi connectivity index (χ1) is 9.49. The van der Waals surface area contributed by atoms with Gasteiger partial charge in [-0.3, -0.25) is 10.1 Å². The fourth-order valence-corrected chi connectivity index (χ4v) is 3.15. The summed E-state index contributed by atoms with van der Waals surface area (Å²) in [4.78, 5) is 12.4. The molecule has 5 nitrogen and oxygen atoms in total. The molecule has 2 unspecified atom stereocenters. The van der Waals surface area contributed by atoms with Crippen LogP contribution in [0.15, 0.2) is 24.3 Å². The van der Waals surface area contributed by atoms with Gasteiger partial charge in [-0.2, -0.15) is 0 Å². The zero-order valence-electron chi connectivity index (χ0n) is 11.7. The number of nitrogens with one attached hydrogen (secondary N) is 1. The summed E-state index contributed by atoms with van der Waals surface area (Å²) in [6.07, 6.45) is 3.53. The number of nitrogens with zero attached hydrogens (tertiary/aromatic N) is 2. The number of piperidine rings is 1. The van der Waals surface area contributed by atoms with Crippen molar-refractivity contribution in [2.24, 2.45) is 0 Å². The molecule has 0 radical (unpaired) electrons. The van der Waals surface area contributed by atoms with Crippen LogP contribution in [0.1, 0.15) is 33.1 Å². The van der Waals surface area contributed by atoms with Crippen LogP contribution < -0.4 is 5.32 Å². The fourth-order valence-electron chi connectivity index (χ4n) is 2.68. The van der Waals surface area contributed by atoms with Crippen molar-refractivity contribution in [3.63, 3.8) is 0 Å². The van der Waals surface area contributed by atoms with Crippen molar-refractivity contribution in [1.29, 1.82) is 0 Å². The predicted molar refractivity (Wildman–Crippen MR) is 83.9 cm³/mol. The summed E-state index contributed by atoms with van der Waals surface area (Å²) in [5, 5.41) is 14.5. The quantitative estimate of drug-likeness (QED) is 0.513. The van der Waals surface area contributed by atoms with Crippen LogP contribution in [-0.2, 0) is 0 Å². The molecule has 108 valence electrons. The lowest BCUT2D eigenvalue weighted by atomic mass is 9.98. The fraction of sp³-hybridized carbons (Fsp3) is 0.500. The van der Waals surface area contributed by atoms with Gasteiger partial charge in [-0.15, -0.1) is 0 Å². The minimum atomic E-state index is -0.406. The number of rotatable bonds is 2. The Morgan fingerprint density at radius 3 is 2.35 bits per heavy atom. The van der Waals surface area contributed by atoms with E-state index in [1.807, 2.05) is 0 Å². The smallest absolute Gasteiger partial charge is 0.269 e. The predicted octanol–water partition coefficient (Wildman–Crippen LogP) is 3.55. The van der Waals surface area contributed by atoms with E-state index in [2.05, 4.69) is 24.1 Å². The zero-order valence-corrected chi connectivity index (χ0v) is 12.5. The maximum Gasteiger partial charge on any atom is 0.269 e. The van der Waals surface area contributed by atoms with E-state index in [4.69, 9.17) is 12.2 Å². The third-order valence-electron chi connectivity index (χ3n) is 3.76. The molecule has 1 aliphatic heterocycles. The molecule has 0 aromatic heterocycles. The molecule has 1 N–H and O–H groups in total. The normalized spacial score (nSPS) is 22.4. The summed E-state index contributed by atoms with van der Waals surface area (Å²) in [5.74, 6) is 0. The molecule has 1 aromatic rings. The van der Waals surface area contributed by atoms with Crippen LogP contribution in [0.2, 0.25) is 0 Å². The lowest BCUT2D eigenvalue weighted by molar-refractivity contribution is -0.384. The van der Waals surface area contributed by atoms with E-state index in [-0.39, 0.29) is 5.69 Å². The molecule has 1 aromatic carbocycles. The van der Waals surface area contributed by atoms with E-state index >= 15 is 0 Å². The van der Waals surface area contributed by atoms with E-state index in [0.717, 1.165) is 18.5 Å². The number of non-ortho nitro benzene ring substituents is 1. The molecule has 20 heavy (non-hydrogen) atoms. The highest BCUT2D eigenvalue weighted by atomic mass is 32.1. The lowest BCUT2D eigenvalue weighted by Gasteiger charge is -2.40. The maximum atomic E-state index is 10.6. The first-order valence-electron chi connectivity index (χ1n) is 6.83. The Morgan fingerprint density at radius 2 is 1.85 bits per heavy atom. The molecule has 1 saturated heterocycles. The Labute approximate surface area is 124 Å². The van der Waals surface area contributed by atoms with Crippen LogP contribution in [0, 0.1) is 10.1 Å². The first kappa shape index (κ1) is 14.7. The Hall–Kier alpha value is -1.69. The van der Waals surface area contributed by atoms with Crippen molar-refractivity contribution in [3.8, 4) is 0 Å². The van der Waals surface area contributed by atoms with Gasteiger partial charge in [0, 0.05) is 29.9 Å². The molecule has 0 bridgehead atoms. The lowest BCUT2D eigenvalue weighted by Crippen LogP contribution is -2.49.